The number of Topliss-reactive ketones (excluding diaryl/α,β-unsaturated/α-hetero) is 1. The van der Waals surface area contributed by atoms with Gasteiger partial charge in [0.2, 0.25) is 0 Å². The van der Waals surface area contributed by atoms with E-state index in [1.165, 1.54) is 4.90 Å². The largest absolute Gasteiger partial charge is 0.507 e. The number of aliphatic hydroxyl groups is 1. The van der Waals surface area contributed by atoms with Crippen molar-refractivity contribution in [3.05, 3.63) is 83.2 Å². The molecule has 2 aromatic carbocycles. The van der Waals surface area contributed by atoms with Gasteiger partial charge in [-0.15, -0.1) is 0 Å². The van der Waals surface area contributed by atoms with Gasteiger partial charge in [-0.05, 0) is 66.9 Å². The van der Waals surface area contributed by atoms with Gasteiger partial charge in [0.05, 0.1) is 24.8 Å². The SMILES string of the molecule is CCCCOc1ccc(C2C(=C(O)c3ccc4c(c3)OCCO4)C(=O)C(=O)N2Cc2ccncc2)cc1OCC. The van der Waals surface area contributed by atoms with E-state index in [0.717, 1.165) is 18.4 Å². The molecule has 1 amide bonds. The molecule has 1 saturated heterocycles. The highest BCUT2D eigenvalue weighted by Gasteiger charge is 2.46. The first-order chi connectivity index (χ1) is 19.5. The average molecular weight is 545 g/mol. The van der Waals surface area contributed by atoms with Gasteiger partial charge in [-0.1, -0.05) is 19.4 Å². The molecule has 5 rings (SSSR count). The normalized spacial score (nSPS) is 17.6. The predicted molar refractivity (Wildman–Crippen MR) is 148 cm³/mol. The summed E-state index contributed by atoms with van der Waals surface area (Å²) in [5.41, 5.74) is 1.74. The summed E-state index contributed by atoms with van der Waals surface area (Å²) in [5, 5.41) is 11.5. The number of unbranched alkanes of at least 4 members (excludes halogenated alkanes) is 1. The number of fused-ring (bicyclic) bond motifs is 1. The highest BCUT2D eigenvalue weighted by Crippen LogP contribution is 2.43. The van der Waals surface area contributed by atoms with Crippen molar-refractivity contribution in [3.63, 3.8) is 0 Å². The molecule has 1 N–H and O–H groups in total. The Morgan fingerprint density at radius 3 is 2.50 bits per heavy atom. The van der Waals surface area contributed by atoms with Crippen LogP contribution in [0.1, 0.15) is 49.4 Å². The number of likely N-dealkylation sites (tertiary alicyclic amines) is 1. The fourth-order valence-electron chi connectivity index (χ4n) is 4.83. The predicted octanol–water partition coefficient (Wildman–Crippen LogP) is 5.05. The molecule has 0 spiro atoms. The zero-order valence-corrected chi connectivity index (χ0v) is 22.6. The Bertz CT molecular complexity index is 1420. The molecule has 40 heavy (non-hydrogen) atoms. The van der Waals surface area contributed by atoms with E-state index in [-0.39, 0.29) is 17.9 Å². The minimum absolute atomic E-state index is 0.0159. The standard InChI is InChI=1S/C31H32N2O7/c1-3-5-14-38-23-8-6-21(17-25(23)37-4-2)28-27(29(34)22-7-9-24-26(18-22)40-16-15-39-24)30(35)31(36)33(28)19-20-10-12-32-13-11-20/h6-13,17-18,28,34H,3-5,14-16,19H2,1-2H3. The van der Waals surface area contributed by atoms with Crippen LogP contribution in [0.4, 0.5) is 0 Å². The molecule has 9 heteroatoms. The minimum atomic E-state index is -0.870. The van der Waals surface area contributed by atoms with Crippen LogP contribution in [0.25, 0.3) is 5.76 Å². The Hall–Kier alpha value is -4.53. The Kier molecular flexibility index (Phi) is 8.19. The molecule has 0 bridgehead atoms. The molecular formula is C31H32N2O7. The van der Waals surface area contributed by atoms with Crippen LogP contribution in [0.3, 0.4) is 0 Å². The molecule has 1 aromatic heterocycles. The van der Waals surface area contributed by atoms with Gasteiger partial charge in [0.1, 0.15) is 19.0 Å². The highest BCUT2D eigenvalue weighted by atomic mass is 16.6. The number of ketones is 1. The van der Waals surface area contributed by atoms with Crippen LogP contribution in [-0.2, 0) is 16.1 Å². The lowest BCUT2D eigenvalue weighted by molar-refractivity contribution is -0.140. The van der Waals surface area contributed by atoms with E-state index < -0.39 is 17.7 Å². The summed E-state index contributed by atoms with van der Waals surface area (Å²) >= 11 is 0. The second-order valence-corrected chi connectivity index (χ2v) is 9.48. The third-order valence-corrected chi connectivity index (χ3v) is 6.80. The molecule has 0 saturated carbocycles. The van der Waals surface area contributed by atoms with Crippen LogP contribution in [0.15, 0.2) is 66.5 Å². The van der Waals surface area contributed by atoms with E-state index in [1.54, 1.807) is 60.9 Å². The van der Waals surface area contributed by atoms with E-state index in [0.29, 0.717) is 60.6 Å². The summed E-state index contributed by atoms with van der Waals surface area (Å²) in [6.07, 6.45) is 5.15. The number of nitrogens with zero attached hydrogens (tertiary/aromatic N) is 2. The lowest BCUT2D eigenvalue weighted by atomic mass is 9.94. The zero-order chi connectivity index (χ0) is 28.1. The molecule has 208 valence electrons. The number of rotatable bonds is 10. The van der Waals surface area contributed by atoms with Crippen molar-refractivity contribution in [2.45, 2.75) is 39.3 Å². The summed E-state index contributed by atoms with van der Waals surface area (Å²) in [4.78, 5) is 32.5. The lowest BCUT2D eigenvalue weighted by Gasteiger charge is -2.26. The van der Waals surface area contributed by atoms with Gasteiger partial charge in [-0.3, -0.25) is 14.6 Å². The van der Waals surface area contributed by atoms with Gasteiger partial charge in [0, 0.05) is 24.5 Å². The summed E-state index contributed by atoms with van der Waals surface area (Å²) in [6.45, 7) is 5.86. The first-order valence-corrected chi connectivity index (χ1v) is 13.5. The van der Waals surface area contributed by atoms with Crippen LogP contribution in [0.5, 0.6) is 23.0 Å². The Morgan fingerprint density at radius 2 is 1.75 bits per heavy atom. The molecule has 0 radical (unpaired) electrons. The molecular weight excluding hydrogens is 512 g/mol. The van der Waals surface area contributed by atoms with Crippen LogP contribution in [0, 0.1) is 0 Å². The molecule has 2 aliphatic heterocycles. The lowest BCUT2D eigenvalue weighted by Crippen LogP contribution is -2.29. The molecule has 3 aromatic rings. The maximum absolute atomic E-state index is 13.5. The van der Waals surface area contributed by atoms with E-state index in [4.69, 9.17) is 18.9 Å². The van der Waals surface area contributed by atoms with Crippen LogP contribution >= 0.6 is 0 Å². The maximum atomic E-state index is 13.5. The molecule has 2 aliphatic rings. The van der Waals surface area contributed by atoms with Gasteiger partial charge in [0.15, 0.2) is 23.0 Å². The molecule has 1 fully saturated rings. The van der Waals surface area contributed by atoms with Crippen LogP contribution in [-0.4, -0.2) is 53.1 Å². The number of hydrogen-bond donors (Lipinski definition) is 1. The Labute approximate surface area is 233 Å². The summed E-state index contributed by atoms with van der Waals surface area (Å²) < 4.78 is 23.1. The highest BCUT2D eigenvalue weighted by molar-refractivity contribution is 6.46. The van der Waals surface area contributed by atoms with Crippen LogP contribution in [0.2, 0.25) is 0 Å². The third kappa shape index (κ3) is 5.45. The topological polar surface area (TPSA) is 107 Å². The van der Waals surface area contributed by atoms with Crippen molar-refractivity contribution >= 4 is 17.4 Å². The quantitative estimate of drug-likeness (QED) is 0.164. The number of ether oxygens (including phenoxy) is 4. The summed E-state index contributed by atoms with van der Waals surface area (Å²) in [7, 11) is 0. The zero-order valence-electron chi connectivity index (χ0n) is 22.6. The number of hydrogen-bond acceptors (Lipinski definition) is 8. The van der Waals surface area contributed by atoms with Gasteiger partial charge < -0.3 is 29.0 Å². The summed E-state index contributed by atoms with van der Waals surface area (Å²) in [5.74, 6) is 0.332. The van der Waals surface area contributed by atoms with Crippen LogP contribution < -0.4 is 18.9 Å². The first kappa shape index (κ1) is 27.1. The molecule has 1 atom stereocenters. The number of benzene rings is 2. The fourth-order valence-corrected chi connectivity index (χ4v) is 4.83. The summed E-state index contributed by atoms with van der Waals surface area (Å²) in [6, 6.07) is 13.0. The number of amides is 1. The van der Waals surface area contributed by atoms with Crippen molar-refractivity contribution in [3.8, 4) is 23.0 Å². The van der Waals surface area contributed by atoms with E-state index >= 15 is 0 Å². The smallest absolute Gasteiger partial charge is 0.295 e. The average Bonchev–Trinajstić information content (AvgIpc) is 3.23. The number of carbonyl (C=O) groups excluding carboxylic acids is 2. The Morgan fingerprint density at radius 1 is 0.975 bits per heavy atom. The van der Waals surface area contributed by atoms with Crippen molar-refractivity contribution in [1.82, 2.24) is 9.88 Å². The van der Waals surface area contributed by atoms with Gasteiger partial charge in [0.25, 0.3) is 11.7 Å². The molecule has 0 aliphatic carbocycles. The van der Waals surface area contributed by atoms with E-state index in [9.17, 15) is 14.7 Å². The fraction of sp³-hybridized carbons (Fsp3) is 0.323. The van der Waals surface area contributed by atoms with Crippen molar-refractivity contribution in [2.75, 3.05) is 26.4 Å². The van der Waals surface area contributed by atoms with Crippen molar-refractivity contribution in [1.29, 1.82) is 0 Å². The third-order valence-electron chi connectivity index (χ3n) is 6.80. The van der Waals surface area contributed by atoms with Crippen molar-refractivity contribution in [2.24, 2.45) is 0 Å². The van der Waals surface area contributed by atoms with E-state index in [1.807, 2.05) is 6.92 Å². The molecule has 1 unspecified atom stereocenters. The first-order valence-electron chi connectivity index (χ1n) is 13.5. The van der Waals surface area contributed by atoms with Gasteiger partial charge >= 0.3 is 0 Å². The second-order valence-electron chi connectivity index (χ2n) is 9.48. The second kappa shape index (κ2) is 12.1. The van der Waals surface area contributed by atoms with E-state index in [2.05, 4.69) is 11.9 Å². The number of aromatic nitrogens is 1. The maximum Gasteiger partial charge on any atom is 0.295 e. The molecule has 3 heterocycles. The minimum Gasteiger partial charge on any atom is -0.507 e. The van der Waals surface area contributed by atoms with Gasteiger partial charge in [-0.25, -0.2) is 0 Å². The number of pyridine rings is 1. The number of carbonyl (C=O) groups is 2. The monoisotopic (exact) mass is 544 g/mol. The van der Waals surface area contributed by atoms with Gasteiger partial charge in [-0.2, -0.15) is 0 Å². The number of aliphatic hydroxyl groups excluding tert-OH is 1. The Balaban J connectivity index is 1.61. The van der Waals surface area contributed by atoms with Crippen molar-refractivity contribution < 1.29 is 33.6 Å². The molecule has 9 nitrogen and oxygen atoms in total.